The van der Waals surface area contributed by atoms with E-state index in [1.54, 1.807) is 11.3 Å². The van der Waals surface area contributed by atoms with Gasteiger partial charge in [0.05, 0.1) is 13.1 Å². The van der Waals surface area contributed by atoms with E-state index >= 15 is 0 Å². The summed E-state index contributed by atoms with van der Waals surface area (Å²) >= 11 is 1.73. The van der Waals surface area contributed by atoms with Gasteiger partial charge >= 0.3 is 0 Å². The third-order valence-electron chi connectivity index (χ3n) is 3.83. The summed E-state index contributed by atoms with van der Waals surface area (Å²) in [5.41, 5.74) is 2.45. The van der Waals surface area contributed by atoms with Gasteiger partial charge in [-0.1, -0.05) is 44.2 Å². The number of benzene rings is 1. The number of carbonyl (C=O) groups excluding carboxylic acids is 1. The molecule has 0 bridgehead atoms. The van der Waals surface area contributed by atoms with E-state index in [-0.39, 0.29) is 5.91 Å². The molecule has 2 aromatic rings. The van der Waals surface area contributed by atoms with Crippen molar-refractivity contribution in [2.24, 2.45) is 5.92 Å². The lowest BCUT2D eigenvalue weighted by Gasteiger charge is -2.22. The topological polar surface area (TPSA) is 36.9 Å². The van der Waals surface area contributed by atoms with Gasteiger partial charge in [0, 0.05) is 17.3 Å². The van der Waals surface area contributed by atoms with E-state index in [1.165, 1.54) is 16.0 Å². The first kappa shape index (κ1) is 17.7. The molecular formula is C19H27N2OS+. The summed E-state index contributed by atoms with van der Waals surface area (Å²) in [7, 11) is 0. The lowest BCUT2D eigenvalue weighted by Crippen LogP contribution is -2.87. The first-order valence-corrected chi connectivity index (χ1v) is 9.10. The number of amides is 1. The molecule has 124 valence electrons. The van der Waals surface area contributed by atoms with E-state index in [0.29, 0.717) is 25.6 Å². The lowest BCUT2D eigenvalue weighted by molar-refractivity contribution is -0.649. The van der Waals surface area contributed by atoms with Crippen LogP contribution in [0.3, 0.4) is 0 Å². The molecule has 2 rings (SSSR count). The summed E-state index contributed by atoms with van der Waals surface area (Å²) in [5.74, 6) is 0.812. The number of rotatable bonds is 8. The third kappa shape index (κ3) is 5.81. The Morgan fingerprint density at radius 3 is 2.52 bits per heavy atom. The smallest absolute Gasteiger partial charge is 0.278 e. The van der Waals surface area contributed by atoms with Gasteiger partial charge in [0.2, 0.25) is 0 Å². The van der Waals surface area contributed by atoms with E-state index in [9.17, 15) is 4.79 Å². The molecule has 1 aromatic heterocycles. The average Bonchev–Trinajstić information content (AvgIpc) is 2.92. The number of carbonyl (C=O) groups is 1. The maximum atomic E-state index is 12.7. The normalized spacial score (nSPS) is 11.0. The highest BCUT2D eigenvalue weighted by Gasteiger charge is 2.17. The zero-order chi connectivity index (χ0) is 16.7. The second-order valence-electron chi connectivity index (χ2n) is 6.38. The zero-order valence-electron chi connectivity index (χ0n) is 14.3. The maximum absolute atomic E-state index is 12.7. The summed E-state index contributed by atoms with van der Waals surface area (Å²) in [6.45, 7) is 9.36. The van der Waals surface area contributed by atoms with E-state index in [1.807, 2.05) is 23.1 Å². The van der Waals surface area contributed by atoms with Crippen LogP contribution in [-0.4, -0.2) is 23.9 Å². The predicted molar refractivity (Wildman–Crippen MR) is 96.2 cm³/mol. The van der Waals surface area contributed by atoms with Crippen LogP contribution >= 0.6 is 11.3 Å². The summed E-state index contributed by atoms with van der Waals surface area (Å²) in [4.78, 5) is 15.9. The molecule has 0 atom stereocenters. The van der Waals surface area contributed by atoms with Gasteiger partial charge < -0.3 is 10.2 Å². The Bertz CT molecular complexity index is 607. The summed E-state index contributed by atoms with van der Waals surface area (Å²) in [5, 5.41) is 4.22. The van der Waals surface area contributed by atoms with Crippen molar-refractivity contribution in [3.05, 3.63) is 57.8 Å². The Kier molecular flexibility index (Phi) is 6.81. The van der Waals surface area contributed by atoms with Gasteiger partial charge in [0.25, 0.3) is 5.91 Å². The van der Waals surface area contributed by atoms with Gasteiger partial charge in [-0.25, -0.2) is 0 Å². The van der Waals surface area contributed by atoms with Gasteiger partial charge in [0.1, 0.15) is 0 Å². The summed E-state index contributed by atoms with van der Waals surface area (Å²) in [6.07, 6.45) is 0. The van der Waals surface area contributed by atoms with Crippen LogP contribution < -0.4 is 5.32 Å². The van der Waals surface area contributed by atoms with Crippen molar-refractivity contribution < 1.29 is 10.1 Å². The molecule has 23 heavy (non-hydrogen) atoms. The van der Waals surface area contributed by atoms with E-state index in [2.05, 4.69) is 49.7 Å². The second kappa shape index (κ2) is 8.85. The Balaban J connectivity index is 2.04. The molecule has 0 saturated carbocycles. The molecule has 2 N–H and O–H groups in total. The SMILES string of the molecule is Cc1ccsc1CN(Cc1ccccc1)C(=O)C[NH2+]CC(C)C. The van der Waals surface area contributed by atoms with Crippen LogP contribution in [0.5, 0.6) is 0 Å². The Labute approximate surface area is 143 Å². The van der Waals surface area contributed by atoms with Gasteiger partial charge in [-0.15, -0.1) is 11.3 Å². The minimum atomic E-state index is 0.210. The van der Waals surface area contributed by atoms with Crippen molar-refractivity contribution >= 4 is 17.2 Å². The molecule has 0 aliphatic rings. The minimum Gasteiger partial charge on any atom is -0.338 e. The Morgan fingerprint density at radius 1 is 1.17 bits per heavy atom. The molecule has 0 fully saturated rings. The van der Waals surface area contributed by atoms with Crippen molar-refractivity contribution in [2.45, 2.75) is 33.9 Å². The Hall–Kier alpha value is -1.65. The number of aryl methyl sites for hydroxylation is 1. The van der Waals surface area contributed by atoms with Crippen molar-refractivity contribution in [3.63, 3.8) is 0 Å². The maximum Gasteiger partial charge on any atom is 0.278 e. The molecule has 4 heteroatoms. The molecule has 1 aromatic carbocycles. The fraction of sp³-hybridized carbons (Fsp3) is 0.421. The molecule has 0 unspecified atom stereocenters. The van der Waals surface area contributed by atoms with Crippen LogP contribution in [0.25, 0.3) is 0 Å². The molecular weight excluding hydrogens is 304 g/mol. The predicted octanol–water partition coefficient (Wildman–Crippen LogP) is 2.80. The molecule has 1 heterocycles. The standard InChI is InChI=1S/C19H26N2OS/c1-15(2)11-20-12-19(22)21(13-17-7-5-4-6-8-17)14-18-16(3)9-10-23-18/h4-10,15,20H,11-14H2,1-3H3/p+1. The van der Waals surface area contributed by atoms with E-state index in [0.717, 1.165) is 6.54 Å². The fourth-order valence-electron chi connectivity index (χ4n) is 2.44. The number of nitrogens with zero attached hydrogens (tertiary/aromatic N) is 1. The van der Waals surface area contributed by atoms with Gasteiger partial charge in [-0.3, -0.25) is 4.79 Å². The van der Waals surface area contributed by atoms with E-state index in [4.69, 9.17) is 0 Å². The lowest BCUT2D eigenvalue weighted by atomic mass is 10.2. The van der Waals surface area contributed by atoms with Crippen molar-refractivity contribution in [1.29, 1.82) is 0 Å². The van der Waals surface area contributed by atoms with Crippen LogP contribution in [0.2, 0.25) is 0 Å². The molecule has 0 aliphatic heterocycles. The number of thiophene rings is 1. The van der Waals surface area contributed by atoms with Gasteiger partial charge in [0.15, 0.2) is 6.54 Å². The van der Waals surface area contributed by atoms with Crippen LogP contribution in [-0.2, 0) is 17.9 Å². The molecule has 1 amide bonds. The van der Waals surface area contributed by atoms with Crippen LogP contribution in [0.1, 0.15) is 29.9 Å². The van der Waals surface area contributed by atoms with Gasteiger partial charge in [-0.05, 0) is 29.5 Å². The first-order chi connectivity index (χ1) is 11.1. The number of hydrogen-bond acceptors (Lipinski definition) is 2. The number of hydrogen-bond donors (Lipinski definition) is 1. The van der Waals surface area contributed by atoms with Crippen LogP contribution in [0, 0.1) is 12.8 Å². The number of nitrogens with two attached hydrogens (primary N) is 1. The fourth-order valence-corrected chi connectivity index (χ4v) is 3.37. The number of quaternary nitrogens is 1. The second-order valence-corrected chi connectivity index (χ2v) is 7.39. The van der Waals surface area contributed by atoms with Crippen molar-refractivity contribution in [1.82, 2.24) is 4.90 Å². The molecule has 0 radical (unpaired) electrons. The summed E-state index contributed by atoms with van der Waals surface area (Å²) < 4.78 is 0. The van der Waals surface area contributed by atoms with Crippen molar-refractivity contribution in [3.8, 4) is 0 Å². The minimum absolute atomic E-state index is 0.210. The highest BCUT2D eigenvalue weighted by molar-refractivity contribution is 7.10. The van der Waals surface area contributed by atoms with E-state index < -0.39 is 0 Å². The summed E-state index contributed by atoms with van der Waals surface area (Å²) in [6, 6.07) is 12.4. The van der Waals surface area contributed by atoms with Crippen molar-refractivity contribution in [2.75, 3.05) is 13.1 Å². The molecule has 0 saturated heterocycles. The largest absolute Gasteiger partial charge is 0.338 e. The monoisotopic (exact) mass is 331 g/mol. The molecule has 3 nitrogen and oxygen atoms in total. The van der Waals surface area contributed by atoms with Crippen LogP contribution in [0.15, 0.2) is 41.8 Å². The third-order valence-corrected chi connectivity index (χ3v) is 4.84. The highest BCUT2D eigenvalue weighted by Crippen LogP contribution is 2.19. The first-order valence-electron chi connectivity index (χ1n) is 8.22. The highest BCUT2D eigenvalue weighted by atomic mass is 32.1. The zero-order valence-corrected chi connectivity index (χ0v) is 15.1. The van der Waals surface area contributed by atoms with Crippen LogP contribution in [0.4, 0.5) is 0 Å². The van der Waals surface area contributed by atoms with Gasteiger partial charge in [-0.2, -0.15) is 0 Å². The molecule has 0 spiro atoms. The Morgan fingerprint density at radius 2 is 1.91 bits per heavy atom. The average molecular weight is 332 g/mol. The molecule has 0 aliphatic carbocycles. The quantitative estimate of drug-likeness (QED) is 0.793.